The quantitative estimate of drug-likeness (QED) is 0.668. The number of nitrogens with zero attached hydrogens (tertiary/aromatic N) is 2. The van der Waals surface area contributed by atoms with Crippen LogP contribution in [0.3, 0.4) is 0 Å². The van der Waals surface area contributed by atoms with Gasteiger partial charge in [-0.1, -0.05) is 0 Å². The minimum atomic E-state index is -0.364. The maximum Gasteiger partial charge on any atom is 0.326 e. The number of amides is 2. The number of carbonyl (C=O) groups excluding carboxylic acids is 1. The van der Waals surface area contributed by atoms with E-state index in [1.165, 1.54) is 0 Å². The molecule has 0 aliphatic carbocycles. The van der Waals surface area contributed by atoms with Crippen molar-refractivity contribution < 1.29 is 4.79 Å². The lowest BCUT2D eigenvalue weighted by Gasteiger charge is -2.06. The molecule has 0 aromatic carbocycles. The minimum Gasteiger partial charge on any atom is -0.292 e. The molecule has 0 aliphatic heterocycles. The number of rotatable bonds is 2. The summed E-state index contributed by atoms with van der Waals surface area (Å²) in [5.41, 5.74) is 0. The van der Waals surface area contributed by atoms with Gasteiger partial charge in [-0.2, -0.15) is 0 Å². The molecule has 18 heavy (non-hydrogen) atoms. The van der Waals surface area contributed by atoms with E-state index in [1.54, 1.807) is 24.5 Å². The number of hydrogen-bond donors (Lipinski definition) is 2. The van der Waals surface area contributed by atoms with Gasteiger partial charge in [0.15, 0.2) is 0 Å². The van der Waals surface area contributed by atoms with Crippen molar-refractivity contribution in [2.45, 2.75) is 0 Å². The molecule has 5 nitrogen and oxygen atoms in total. The number of pyridine rings is 2. The zero-order valence-corrected chi connectivity index (χ0v) is 13.3. The Kier molecular flexibility index (Phi) is 4.69. The number of carbonyl (C=O) groups is 1. The Bertz CT molecular complexity index is 492. The number of aromatic nitrogens is 2. The molecule has 2 N–H and O–H groups in total. The first kappa shape index (κ1) is 13.5. The van der Waals surface area contributed by atoms with Gasteiger partial charge < -0.3 is 0 Å². The Hall–Kier alpha value is -0.970. The summed E-state index contributed by atoms with van der Waals surface area (Å²) in [6.07, 6.45) is 3.36. The Morgan fingerprint density at radius 3 is 1.67 bits per heavy atom. The molecule has 2 amide bonds. The molecule has 0 saturated heterocycles. The van der Waals surface area contributed by atoms with Crippen LogP contribution in [0, 0.1) is 7.14 Å². The van der Waals surface area contributed by atoms with Gasteiger partial charge in [0.1, 0.15) is 11.6 Å². The topological polar surface area (TPSA) is 66.9 Å². The smallest absolute Gasteiger partial charge is 0.292 e. The number of hydrogen-bond acceptors (Lipinski definition) is 3. The van der Waals surface area contributed by atoms with Crippen LogP contribution in [0.25, 0.3) is 0 Å². The van der Waals surface area contributed by atoms with Crippen molar-refractivity contribution in [3.63, 3.8) is 0 Å². The van der Waals surface area contributed by atoms with Crippen LogP contribution in [-0.4, -0.2) is 16.0 Å². The Balaban J connectivity index is 1.96. The first-order valence-electron chi connectivity index (χ1n) is 4.94. The highest BCUT2D eigenvalue weighted by atomic mass is 127. The maximum atomic E-state index is 11.6. The second-order valence-corrected chi connectivity index (χ2v) is 5.79. The molecule has 2 aromatic rings. The van der Waals surface area contributed by atoms with Crippen LogP contribution in [0.15, 0.2) is 36.7 Å². The van der Waals surface area contributed by atoms with Crippen molar-refractivity contribution >= 4 is 62.8 Å². The Morgan fingerprint density at radius 2 is 1.33 bits per heavy atom. The third-order valence-corrected chi connectivity index (χ3v) is 3.21. The van der Waals surface area contributed by atoms with E-state index in [1.807, 2.05) is 12.1 Å². The number of anilines is 2. The largest absolute Gasteiger partial charge is 0.326 e. The van der Waals surface area contributed by atoms with Crippen molar-refractivity contribution in [1.29, 1.82) is 0 Å². The van der Waals surface area contributed by atoms with Crippen LogP contribution in [-0.2, 0) is 0 Å². The fraction of sp³-hybridized carbons (Fsp3) is 0. The molecule has 2 aromatic heterocycles. The molecule has 2 heterocycles. The molecule has 0 fully saturated rings. The Morgan fingerprint density at radius 1 is 0.889 bits per heavy atom. The van der Waals surface area contributed by atoms with Crippen molar-refractivity contribution in [3.05, 3.63) is 43.8 Å². The SMILES string of the molecule is O=C(Nc1ccc(I)cn1)Nc1ccc(I)cn1. The van der Waals surface area contributed by atoms with E-state index in [0.29, 0.717) is 11.6 Å². The summed E-state index contributed by atoms with van der Waals surface area (Å²) < 4.78 is 2.02. The molecule has 0 aliphatic rings. The molecular formula is C11H8I2N4O. The van der Waals surface area contributed by atoms with E-state index in [4.69, 9.17) is 0 Å². The van der Waals surface area contributed by atoms with Crippen molar-refractivity contribution in [1.82, 2.24) is 9.97 Å². The van der Waals surface area contributed by atoms with Crippen LogP contribution in [0.1, 0.15) is 0 Å². The van der Waals surface area contributed by atoms with Gasteiger partial charge in [-0.05, 0) is 69.4 Å². The molecule has 0 saturated carbocycles. The van der Waals surface area contributed by atoms with E-state index in [0.717, 1.165) is 7.14 Å². The fourth-order valence-electron chi connectivity index (χ4n) is 1.16. The first-order chi connectivity index (χ1) is 8.63. The van der Waals surface area contributed by atoms with Gasteiger partial charge in [-0.15, -0.1) is 0 Å². The average Bonchev–Trinajstić information content (AvgIpc) is 2.35. The number of urea groups is 1. The summed E-state index contributed by atoms with van der Waals surface area (Å²) in [5.74, 6) is 0.997. The van der Waals surface area contributed by atoms with Crippen LogP contribution >= 0.6 is 45.2 Å². The standard InChI is InChI=1S/C11H8I2N4O/c12-7-1-3-9(14-5-7)16-11(18)17-10-4-2-8(13)6-15-10/h1-6H,(H2,14,15,16,17,18). The lowest BCUT2D eigenvalue weighted by molar-refractivity contribution is 0.262. The molecular weight excluding hydrogens is 458 g/mol. The molecule has 0 unspecified atom stereocenters. The molecule has 0 radical (unpaired) electrons. The highest BCUT2D eigenvalue weighted by molar-refractivity contribution is 14.1. The van der Waals surface area contributed by atoms with E-state index < -0.39 is 0 Å². The van der Waals surface area contributed by atoms with E-state index in [-0.39, 0.29) is 6.03 Å². The van der Waals surface area contributed by atoms with E-state index >= 15 is 0 Å². The highest BCUT2D eigenvalue weighted by Crippen LogP contribution is 2.09. The number of halogens is 2. The van der Waals surface area contributed by atoms with Gasteiger partial charge in [0.25, 0.3) is 0 Å². The van der Waals surface area contributed by atoms with E-state index in [2.05, 4.69) is 65.8 Å². The van der Waals surface area contributed by atoms with Gasteiger partial charge in [-0.25, -0.2) is 14.8 Å². The molecule has 92 valence electrons. The fourth-order valence-corrected chi connectivity index (χ4v) is 1.80. The summed E-state index contributed by atoms with van der Waals surface area (Å²) in [5, 5.41) is 5.25. The predicted octanol–water partition coefficient (Wildman–Crippen LogP) is 3.33. The van der Waals surface area contributed by atoms with Crippen LogP contribution in [0.4, 0.5) is 16.4 Å². The first-order valence-corrected chi connectivity index (χ1v) is 7.10. The minimum absolute atomic E-state index is 0.364. The van der Waals surface area contributed by atoms with Crippen LogP contribution in [0.5, 0.6) is 0 Å². The lowest BCUT2D eigenvalue weighted by Crippen LogP contribution is -2.20. The average molecular weight is 466 g/mol. The molecule has 0 spiro atoms. The summed E-state index contributed by atoms with van der Waals surface area (Å²) in [6, 6.07) is 6.85. The zero-order chi connectivity index (χ0) is 13.0. The summed E-state index contributed by atoms with van der Waals surface area (Å²) in [4.78, 5) is 19.8. The molecule has 0 bridgehead atoms. The Labute approximate surface area is 131 Å². The van der Waals surface area contributed by atoms with Crippen LogP contribution in [0.2, 0.25) is 0 Å². The number of nitrogens with one attached hydrogen (secondary N) is 2. The lowest BCUT2D eigenvalue weighted by atomic mass is 10.4. The van der Waals surface area contributed by atoms with Crippen molar-refractivity contribution in [2.75, 3.05) is 10.6 Å². The normalized spacial score (nSPS) is 9.89. The van der Waals surface area contributed by atoms with Gasteiger partial charge in [0, 0.05) is 19.5 Å². The highest BCUT2D eigenvalue weighted by Gasteiger charge is 2.03. The predicted molar refractivity (Wildman–Crippen MR) is 86.5 cm³/mol. The summed E-state index contributed by atoms with van der Waals surface area (Å²) in [7, 11) is 0. The monoisotopic (exact) mass is 466 g/mol. The zero-order valence-electron chi connectivity index (χ0n) is 9.02. The van der Waals surface area contributed by atoms with Gasteiger partial charge in [-0.3, -0.25) is 10.6 Å². The second-order valence-electron chi connectivity index (χ2n) is 3.30. The van der Waals surface area contributed by atoms with Gasteiger partial charge in [0.2, 0.25) is 0 Å². The third-order valence-electron chi connectivity index (χ3n) is 1.94. The second kappa shape index (κ2) is 6.27. The molecule has 0 atom stereocenters. The third kappa shape index (κ3) is 4.05. The maximum absolute atomic E-state index is 11.6. The van der Waals surface area contributed by atoms with Gasteiger partial charge in [0.05, 0.1) is 0 Å². The van der Waals surface area contributed by atoms with Gasteiger partial charge >= 0.3 is 6.03 Å². The molecule has 2 rings (SSSR count). The van der Waals surface area contributed by atoms with Crippen LogP contribution < -0.4 is 10.6 Å². The summed E-state index contributed by atoms with van der Waals surface area (Å²) in [6.45, 7) is 0. The van der Waals surface area contributed by atoms with Crippen molar-refractivity contribution in [3.8, 4) is 0 Å². The van der Waals surface area contributed by atoms with Crippen molar-refractivity contribution in [2.24, 2.45) is 0 Å². The van der Waals surface area contributed by atoms with E-state index in [9.17, 15) is 4.79 Å². The molecule has 7 heteroatoms. The summed E-state index contributed by atoms with van der Waals surface area (Å²) >= 11 is 4.30.